The van der Waals surface area contributed by atoms with Gasteiger partial charge in [-0.1, -0.05) is 6.07 Å². The highest BCUT2D eigenvalue weighted by atomic mass is 16.5. The number of aromatic hydroxyl groups is 1. The van der Waals surface area contributed by atoms with Crippen LogP contribution < -0.4 is 15.5 Å². The van der Waals surface area contributed by atoms with Gasteiger partial charge in [-0.3, -0.25) is 14.6 Å². The number of para-hydroxylation sites is 1. The third-order valence-corrected chi connectivity index (χ3v) is 2.98. The third kappa shape index (κ3) is 4.54. The number of hydrogen-bond donors (Lipinski definition) is 3. The van der Waals surface area contributed by atoms with Gasteiger partial charge >= 0.3 is 0 Å². The van der Waals surface area contributed by atoms with E-state index in [1.54, 1.807) is 36.5 Å². The van der Waals surface area contributed by atoms with Crippen molar-refractivity contribution in [3.63, 3.8) is 0 Å². The number of carbonyl (C=O) groups is 2. The van der Waals surface area contributed by atoms with E-state index in [0.29, 0.717) is 16.9 Å². The van der Waals surface area contributed by atoms with Gasteiger partial charge in [0.15, 0.2) is 11.5 Å². The molecule has 1 aromatic carbocycles. The first-order valence-electron chi connectivity index (χ1n) is 6.98. The number of nitrogens with zero attached hydrogens (tertiary/aromatic N) is 2. The second-order valence-corrected chi connectivity index (χ2v) is 4.62. The molecule has 24 heavy (non-hydrogen) atoms. The Kier molecular flexibility index (Phi) is 5.84. The van der Waals surface area contributed by atoms with E-state index in [0.717, 1.165) is 0 Å². The second-order valence-electron chi connectivity index (χ2n) is 4.62. The van der Waals surface area contributed by atoms with Gasteiger partial charge in [-0.15, -0.1) is 0 Å². The average molecular weight is 328 g/mol. The lowest BCUT2D eigenvalue weighted by atomic mass is 10.2. The van der Waals surface area contributed by atoms with Gasteiger partial charge in [0, 0.05) is 18.0 Å². The maximum Gasteiger partial charge on any atom is 0.259 e. The van der Waals surface area contributed by atoms with E-state index in [-0.39, 0.29) is 12.3 Å². The summed E-state index contributed by atoms with van der Waals surface area (Å²) in [5.74, 6) is -0.699. The van der Waals surface area contributed by atoms with Crippen LogP contribution in [0.5, 0.6) is 11.5 Å². The molecule has 1 aromatic heterocycles. The van der Waals surface area contributed by atoms with E-state index in [4.69, 9.17) is 4.74 Å². The lowest BCUT2D eigenvalue weighted by molar-refractivity contribution is -0.120. The molecule has 124 valence electrons. The van der Waals surface area contributed by atoms with Gasteiger partial charge in [0.2, 0.25) is 0 Å². The molecular formula is C16H16N4O4. The third-order valence-electron chi connectivity index (χ3n) is 2.98. The quantitative estimate of drug-likeness (QED) is 0.533. The molecule has 8 heteroatoms. The summed E-state index contributed by atoms with van der Waals surface area (Å²) >= 11 is 0. The fourth-order valence-corrected chi connectivity index (χ4v) is 1.78. The Morgan fingerprint density at radius 2 is 2.17 bits per heavy atom. The molecule has 0 aliphatic carbocycles. The highest BCUT2D eigenvalue weighted by molar-refractivity contribution is 5.96. The Morgan fingerprint density at radius 1 is 1.33 bits per heavy atom. The van der Waals surface area contributed by atoms with Crippen LogP contribution in [-0.2, 0) is 4.79 Å². The molecule has 2 amide bonds. The summed E-state index contributed by atoms with van der Waals surface area (Å²) in [4.78, 5) is 27.2. The zero-order valence-corrected chi connectivity index (χ0v) is 12.9. The van der Waals surface area contributed by atoms with Gasteiger partial charge in [-0.25, -0.2) is 5.43 Å². The lowest BCUT2D eigenvalue weighted by Crippen LogP contribution is -2.34. The lowest BCUT2D eigenvalue weighted by Gasteiger charge is -2.05. The molecule has 0 unspecified atom stereocenters. The summed E-state index contributed by atoms with van der Waals surface area (Å²) < 4.78 is 4.97. The summed E-state index contributed by atoms with van der Waals surface area (Å²) in [5.41, 5.74) is 2.99. The Morgan fingerprint density at radius 3 is 2.88 bits per heavy atom. The van der Waals surface area contributed by atoms with Crippen molar-refractivity contribution in [1.82, 2.24) is 15.7 Å². The molecule has 0 spiro atoms. The monoisotopic (exact) mass is 328 g/mol. The molecule has 3 N–H and O–H groups in total. The number of carbonyl (C=O) groups excluding carboxylic acids is 2. The van der Waals surface area contributed by atoms with Crippen molar-refractivity contribution in [2.24, 2.45) is 5.10 Å². The Bertz CT molecular complexity index is 747. The minimum atomic E-state index is -0.508. The topological polar surface area (TPSA) is 113 Å². The van der Waals surface area contributed by atoms with Crippen molar-refractivity contribution >= 4 is 18.0 Å². The highest BCUT2D eigenvalue weighted by Gasteiger charge is 2.08. The highest BCUT2D eigenvalue weighted by Crippen LogP contribution is 2.27. The number of aromatic nitrogens is 1. The predicted molar refractivity (Wildman–Crippen MR) is 87.0 cm³/mol. The van der Waals surface area contributed by atoms with Crippen LogP contribution in [-0.4, -0.2) is 41.8 Å². The minimum absolute atomic E-state index is 0.0807. The molecule has 0 fully saturated rings. The number of benzene rings is 1. The number of phenolic OH excluding ortho intramolecular Hbond substituents is 1. The summed E-state index contributed by atoms with van der Waals surface area (Å²) in [6.45, 7) is -0.241. The molecule has 8 nitrogen and oxygen atoms in total. The minimum Gasteiger partial charge on any atom is -0.504 e. The fraction of sp³-hybridized carbons (Fsp3) is 0.125. The van der Waals surface area contributed by atoms with E-state index in [1.165, 1.54) is 19.5 Å². The van der Waals surface area contributed by atoms with E-state index < -0.39 is 11.8 Å². The number of rotatable bonds is 6. The molecule has 0 bridgehead atoms. The number of amides is 2. The molecule has 0 saturated heterocycles. The Hall–Kier alpha value is -3.42. The SMILES string of the molecule is COc1cccc(C=NNC(=O)CNC(=O)c2cccnc2)c1O. The smallest absolute Gasteiger partial charge is 0.259 e. The summed E-state index contributed by atoms with van der Waals surface area (Å²) in [5, 5.41) is 16.0. The zero-order valence-electron chi connectivity index (χ0n) is 12.9. The van der Waals surface area contributed by atoms with Gasteiger partial charge in [0.1, 0.15) is 0 Å². The van der Waals surface area contributed by atoms with E-state index >= 15 is 0 Å². The van der Waals surface area contributed by atoms with Crippen LogP contribution in [0.3, 0.4) is 0 Å². The van der Waals surface area contributed by atoms with Crippen LogP contribution >= 0.6 is 0 Å². The van der Waals surface area contributed by atoms with Crippen molar-refractivity contribution < 1.29 is 19.4 Å². The van der Waals surface area contributed by atoms with Crippen LogP contribution in [0, 0.1) is 0 Å². The first kappa shape index (κ1) is 16.9. The van der Waals surface area contributed by atoms with Gasteiger partial charge < -0.3 is 15.2 Å². The molecular weight excluding hydrogens is 312 g/mol. The largest absolute Gasteiger partial charge is 0.504 e. The van der Waals surface area contributed by atoms with Crippen LogP contribution in [0.1, 0.15) is 15.9 Å². The van der Waals surface area contributed by atoms with Crippen LogP contribution in [0.2, 0.25) is 0 Å². The Balaban J connectivity index is 1.84. The van der Waals surface area contributed by atoms with E-state index in [1.807, 2.05) is 0 Å². The van der Waals surface area contributed by atoms with Crippen LogP contribution in [0.15, 0.2) is 47.8 Å². The van der Waals surface area contributed by atoms with E-state index in [2.05, 4.69) is 20.8 Å². The number of phenols is 1. The molecule has 0 saturated carbocycles. The maximum absolute atomic E-state index is 11.7. The molecule has 0 aliphatic rings. The van der Waals surface area contributed by atoms with Crippen LogP contribution in [0.4, 0.5) is 0 Å². The summed E-state index contributed by atoms with van der Waals surface area (Å²) in [6.07, 6.45) is 4.22. The first-order valence-corrected chi connectivity index (χ1v) is 6.98. The van der Waals surface area contributed by atoms with Gasteiger partial charge in [0.25, 0.3) is 11.8 Å². The number of hydrogen-bond acceptors (Lipinski definition) is 6. The summed E-state index contributed by atoms with van der Waals surface area (Å²) in [6, 6.07) is 8.09. The number of nitrogens with one attached hydrogen (secondary N) is 2. The molecule has 2 aromatic rings. The molecule has 0 radical (unpaired) electrons. The van der Waals surface area contributed by atoms with Gasteiger partial charge in [-0.05, 0) is 24.3 Å². The average Bonchev–Trinajstić information content (AvgIpc) is 2.62. The Labute approximate surface area is 138 Å². The normalized spacial score (nSPS) is 10.4. The number of ether oxygens (including phenoxy) is 1. The van der Waals surface area contributed by atoms with Crippen molar-refractivity contribution in [3.05, 3.63) is 53.9 Å². The van der Waals surface area contributed by atoms with Crippen LogP contribution in [0.25, 0.3) is 0 Å². The molecule has 1 heterocycles. The van der Waals surface area contributed by atoms with Crippen molar-refractivity contribution in [3.8, 4) is 11.5 Å². The molecule has 2 rings (SSSR count). The number of methoxy groups -OCH3 is 1. The standard InChI is InChI=1S/C16H16N4O4/c1-24-13-6-2-4-11(15(13)22)9-19-20-14(21)10-18-16(23)12-5-3-7-17-8-12/h2-9,22H,10H2,1H3,(H,18,23)(H,20,21). The van der Waals surface area contributed by atoms with Crippen molar-refractivity contribution in [2.75, 3.05) is 13.7 Å². The molecule has 0 atom stereocenters. The van der Waals surface area contributed by atoms with Crippen molar-refractivity contribution in [1.29, 1.82) is 0 Å². The van der Waals surface area contributed by atoms with Gasteiger partial charge in [0.05, 0.1) is 25.4 Å². The number of pyridine rings is 1. The van der Waals surface area contributed by atoms with Crippen molar-refractivity contribution in [2.45, 2.75) is 0 Å². The molecule has 0 aliphatic heterocycles. The van der Waals surface area contributed by atoms with E-state index in [9.17, 15) is 14.7 Å². The van der Waals surface area contributed by atoms with Gasteiger partial charge in [-0.2, -0.15) is 5.10 Å². The predicted octanol–water partition coefficient (Wildman–Crippen LogP) is 0.676. The zero-order chi connectivity index (χ0) is 17.4. The maximum atomic E-state index is 11.7. The fourth-order valence-electron chi connectivity index (χ4n) is 1.78. The summed E-state index contributed by atoms with van der Waals surface area (Å²) in [7, 11) is 1.43. The second kappa shape index (κ2) is 8.28. The first-order chi connectivity index (χ1) is 11.6. The number of hydrazone groups is 1.